The van der Waals surface area contributed by atoms with E-state index >= 15 is 0 Å². The molecule has 1 nitrogen and oxygen atoms in total. The normalized spacial score (nSPS) is 14.0. The molecular weight excluding hydrogens is 410 g/mol. The number of hydrogen-bond donors (Lipinski definition) is 0. The Balaban J connectivity index is 0.00000288. The number of rotatable bonds is 3. The molecule has 0 saturated heterocycles. The van der Waals surface area contributed by atoms with Crippen molar-refractivity contribution in [1.82, 2.24) is 0 Å². The fraction of sp³-hybridized carbons (Fsp3) is 0.450. The van der Waals surface area contributed by atoms with Gasteiger partial charge in [0.05, 0.1) is 0 Å². The summed E-state index contributed by atoms with van der Waals surface area (Å²) in [5.41, 5.74) is 2.79. The summed E-state index contributed by atoms with van der Waals surface area (Å²) in [5, 5.41) is 0.730. The van der Waals surface area contributed by atoms with Crippen LogP contribution in [0.1, 0.15) is 53.5 Å². The summed E-state index contributed by atoms with van der Waals surface area (Å²) in [5.74, 6) is 0.861. The van der Waals surface area contributed by atoms with Gasteiger partial charge in [0.2, 0.25) is 0 Å². The van der Waals surface area contributed by atoms with Crippen LogP contribution in [0.3, 0.4) is 0 Å². The van der Waals surface area contributed by atoms with Gasteiger partial charge < -0.3 is 0 Å². The molecule has 1 aromatic rings. The van der Waals surface area contributed by atoms with Crippen LogP contribution in [0, 0.1) is 5.41 Å². The molecule has 5 heteroatoms. The van der Waals surface area contributed by atoms with Crippen LogP contribution < -0.4 is 3.32 Å². The monoisotopic (exact) mass is 438 g/mol. The molecule has 0 saturated carbocycles. The van der Waals surface area contributed by atoms with Gasteiger partial charge in [0.15, 0.2) is 0 Å². The van der Waals surface area contributed by atoms with Crippen LogP contribution in [-0.4, -0.2) is 4.82 Å². The Kier molecular flexibility index (Phi) is 9.23. The van der Waals surface area contributed by atoms with Crippen LogP contribution in [0.4, 0.5) is 0 Å². The Labute approximate surface area is 176 Å². The molecule has 0 bridgehead atoms. The van der Waals surface area contributed by atoms with Gasteiger partial charge in [-0.25, -0.2) is 0 Å². The predicted octanol–water partition coefficient (Wildman–Crippen LogP) is 7.09. The Hall–Kier alpha value is -0.0457. The third kappa shape index (κ3) is 6.56. The third-order valence-corrected chi connectivity index (χ3v) is 6.82. The van der Waals surface area contributed by atoms with Crippen molar-refractivity contribution < 1.29 is 21.1 Å². The molecule has 1 aromatic carbocycles. The molecular formula is C20H29Cl3OTi. The SMILES string of the molecule is Cl.Cl.[CH2]=[Ti]([O]c1cc(Cl)cc(C(C)(C)C)c1)[C]1=C(C(C)(C)C)C=CC1. The van der Waals surface area contributed by atoms with E-state index in [2.05, 4.69) is 64.6 Å². The molecule has 0 aliphatic heterocycles. The second-order valence-electron chi connectivity index (χ2n) is 8.20. The predicted molar refractivity (Wildman–Crippen MR) is 113 cm³/mol. The Bertz CT molecular complexity index is 692. The van der Waals surface area contributed by atoms with Crippen molar-refractivity contribution >= 4 is 41.2 Å². The molecule has 0 heterocycles. The van der Waals surface area contributed by atoms with E-state index in [0.717, 1.165) is 17.2 Å². The van der Waals surface area contributed by atoms with Gasteiger partial charge in [-0.15, -0.1) is 24.8 Å². The molecule has 1 aliphatic rings. The van der Waals surface area contributed by atoms with Gasteiger partial charge in [-0.2, -0.15) is 0 Å². The molecule has 0 amide bonds. The molecule has 1 aliphatic carbocycles. The van der Waals surface area contributed by atoms with Crippen molar-refractivity contribution in [1.29, 1.82) is 0 Å². The van der Waals surface area contributed by atoms with Crippen LogP contribution in [0.2, 0.25) is 5.02 Å². The van der Waals surface area contributed by atoms with Gasteiger partial charge in [-0.05, 0) is 0 Å². The molecule has 0 radical (unpaired) electrons. The van der Waals surface area contributed by atoms with Crippen molar-refractivity contribution in [3.05, 3.63) is 50.4 Å². The fourth-order valence-corrected chi connectivity index (χ4v) is 5.50. The van der Waals surface area contributed by atoms with E-state index < -0.39 is 17.8 Å². The summed E-state index contributed by atoms with van der Waals surface area (Å²) < 4.78 is 7.74. The maximum absolute atomic E-state index is 6.31. The first-order chi connectivity index (χ1) is 10.5. The average Bonchev–Trinajstić information content (AvgIpc) is 2.85. The first-order valence-corrected chi connectivity index (χ1v) is 11.0. The summed E-state index contributed by atoms with van der Waals surface area (Å²) in [4.78, 5) is 4.40. The summed E-state index contributed by atoms with van der Waals surface area (Å²) in [6.07, 6.45) is 5.46. The Morgan fingerprint density at radius 3 is 2.12 bits per heavy atom. The molecule has 0 atom stereocenters. The summed E-state index contributed by atoms with van der Waals surface area (Å²) in [6, 6.07) is 6.05. The third-order valence-electron chi connectivity index (χ3n) is 4.05. The zero-order valence-corrected chi connectivity index (χ0v) is 19.9. The molecule has 0 spiro atoms. The zero-order chi connectivity index (χ0) is 17.4. The summed E-state index contributed by atoms with van der Waals surface area (Å²) in [6.45, 7) is 13.3. The van der Waals surface area contributed by atoms with Gasteiger partial charge in [-0.1, -0.05) is 0 Å². The number of halogens is 3. The number of allylic oxidation sites excluding steroid dienone is 4. The Morgan fingerprint density at radius 2 is 1.60 bits per heavy atom. The number of hydrogen-bond acceptors (Lipinski definition) is 1. The van der Waals surface area contributed by atoms with Crippen LogP contribution in [0.5, 0.6) is 5.75 Å². The van der Waals surface area contributed by atoms with Crippen LogP contribution >= 0.6 is 36.4 Å². The van der Waals surface area contributed by atoms with Gasteiger partial charge >= 0.3 is 152 Å². The van der Waals surface area contributed by atoms with E-state index in [1.54, 1.807) is 0 Å². The second-order valence-corrected chi connectivity index (χ2v) is 11.2. The van der Waals surface area contributed by atoms with Crippen molar-refractivity contribution in [3.8, 4) is 5.75 Å². The van der Waals surface area contributed by atoms with Gasteiger partial charge in [-0.3, -0.25) is 0 Å². The second kappa shape index (κ2) is 9.24. The van der Waals surface area contributed by atoms with Gasteiger partial charge in [0, 0.05) is 0 Å². The number of benzene rings is 1. The van der Waals surface area contributed by atoms with E-state index in [4.69, 9.17) is 14.9 Å². The van der Waals surface area contributed by atoms with Crippen molar-refractivity contribution in [2.24, 2.45) is 5.41 Å². The molecule has 0 unspecified atom stereocenters. The summed E-state index contributed by atoms with van der Waals surface area (Å²) >= 11 is 4.26. The van der Waals surface area contributed by atoms with E-state index in [-0.39, 0.29) is 35.6 Å². The van der Waals surface area contributed by atoms with E-state index in [9.17, 15) is 0 Å². The topological polar surface area (TPSA) is 9.23 Å². The Morgan fingerprint density at radius 1 is 1.00 bits per heavy atom. The van der Waals surface area contributed by atoms with Crippen molar-refractivity contribution in [2.45, 2.75) is 53.4 Å². The fourth-order valence-electron chi connectivity index (χ4n) is 2.73. The quantitative estimate of drug-likeness (QED) is 0.457. The minimum absolute atomic E-state index is 0. The van der Waals surface area contributed by atoms with Crippen LogP contribution in [0.25, 0.3) is 0 Å². The van der Waals surface area contributed by atoms with Crippen LogP contribution in [-0.2, 0) is 23.2 Å². The standard InChI is InChI=1S/C10H13ClO.C9H13.CH2.2ClH.Ti/c1-10(2,3)7-4-8(11)6-9(12)5-7;1-9(2,3)8-6-4-5-7-8;;;;/h4-6,12H,1-3H3;4,6H,5H2,1-3H3;1H2;2*1H;/q;;;;;+1/p-1. The zero-order valence-electron chi connectivity index (χ0n) is 15.9. The van der Waals surface area contributed by atoms with E-state index in [1.807, 2.05) is 12.1 Å². The average molecular weight is 440 g/mol. The van der Waals surface area contributed by atoms with Gasteiger partial charge in [0.25, 0.3) is 0 Å². The molecule has 25 heavy (non-hydrogen) atoms. The van der Waals surface area contributed by atoms with E-state index in [0.29, 0.717) is 0 Å². The molecule has 0 N–H and O–H groups in total. The maximum atomic E-state index is 6.31. The molecule has 140 valence electrons. The molecule has 0 aromatic heterocycles. The molecule has 0 fully saturated rings. The van der Waals surface area contributed by atoms with Crippen molar-refractivity contribution in [3.63, 3.8) is 0 Å². The molecule has 2 rings (SSSR count). The first kappa shape index (κ1) is 25.0. The minimum atomic E-state index is -2.03. The van der Waals surface area contributed by atoms with E-state index in [1.165, 1.54) is 15.0 Å². The van der Waals surface area contributed by atoms with Crippen LogP contribution in [0.15, 0.2) is 39.8 Å². The summed E-state index contributed by atoms with van der Waals surface area (Å²) in [7, 11) is 0. The first-order valence-electron chi connectivity index (χ1n) is 8.07. The van der Waals surface area contributed by atoms with Gasteiger partial charge in [0.1, 0.15) is 0 Å². The van der Waals surface area contributed by atoms with Crippen molar-refractivity contribution in [2.75, 3.05) is 0 Å².